The Labute approximate surface area is 175 Å². The molecule has 0 unspecified atom stereocenters. The van der Waals surface area contributed by atoms with Gasteiger partial charge in [0.1, 0.15) is 5.65 Å². The maximum Gasteiger partial charge on any atom is 0.152 e. The Hall–Kier alpha value is -3.76. The number of benzene rings is 3. The van der Waals surface area contributed by atoms with E-state index >= 15 is 0 Å². The summed E-state index contributed by atoms with van der Waals surface area (Å²) >= 11 is 0. The van der Waals surface area contributed by atoms with Crippen molar-refractivity contribution in [3.8, 4) is 11.1 Å². The number of pyridine rings is 1. The Kier molecular flexibility index (Phi) is 5.97. The fourth-order valence-corrected chi connectivity index (χ4v) is 3.55. The van der Waals surface area contributed by atoms with Crippen LogP contribution in [-0.4, -0.2) is 23.3 Å². The second kappa shape index (κ2) is 9.16. The quantitative estimate of drug-likeness (QED) is 0.391. The molecule has 30 heavy (non-hydrogen) atoms. The Morgan fingerprint density at radius 2 is 1.70 bits per heavy atom. The van der Waals surface area contributed by atoms with E-state index in [0.29, 0.717) is 5.56 Å². The summed E-state index contributed by atoms with van der Waals surface area (Å²) < 4.78 is 0. The first-order valence-corrected chi connectivity index (χ1v) is 9.89. The summed E-state index contributed by atoms with van der Waals surface area (Å²) in [5.41, 5.74) is 4.85. The summed E-state index contributed by atoms with van der Waals surface area (Å²) in [4.78, 5) is 18.5. The number of nitrogens with zero attached hydrogens (tertiary/aromatic N) is 1. The molecule has 5 rings (SSSR count). The lowest BCUT2D eigenvalue weighted by Gasteiger charge is -2.06. The van der Waals surface area contributed by atoms with Gasteiger partial charge in [0.15, 0.2) is 6.29 Å². The van der Waals surface area contributed by atoms with Gasteiger partial charge < -0.3 is 10.3 Å². The third-order valence-corrected chi connectivity index (χ3v) is 5.01. The fourth-order valence-electron chi connectivity index (χ4n) is 3.55. The predicted molar refractivity (Wildman–Crippen MR) is 124 cm³/mol. The fraction of sp³-hybridized carbons (Fsp3) is 0.0769. The zero-order valence-corrected chi connectivity index (χ0v) is 16.8. The molecule has 2 aromatic heterocycles. The molecule has 0 aliphatic heterocycles. The summed E-state index contributed by atoms with van der Waals surface area (Å²) in [6.07, 6.45) is 4.39. The lowest BCUT2D eigenvalue weighted by atomic mass is 9.99. The van der Waals surface area contributed by atoms with Crippen LogP contribution in [0.2, 0.25) is 0 Å². The molecule has 0 atom stereocenters. The van der Waals surface area contributed by atoms with E-state index in [1.807, 2.05) is 55.7 Å². The van der Waals surface area contributed by atoms with Crippen molar-refractivity contribution in [1.82, 2.24) is 15.3 Å². The van der Waals surface area contributed by atoms with E-state index in [0.717, 1.165) is 35.0 Å². The van der Waals surface area contributed by atoms with Gasteiger partial charge in [-0.1, -0.05) is 72.8 Å². The first kappa shape index (κ1) is 19.6. The van der Waals surface area contributed by atoms with E-state index in [-0.39, 0.29) is 0 Å². The predicted octanol–water partition coefficient (Wildman–Crippen LogP) is 5.60. The number of aromatic nitrogens is 2. The number of hydrogen-bond donors (Lipinski definition) is 2. The zero-order valence-electron chi connectivity index (χ0n) is 16.8. The Morgan fingerprint density at radius 3 is 2.50 bits per heavy atom. The van der Waals surface area contributed by atoms with Crippen LogP contribution >= 0.6 is 0 Å². The van der Waals surface area contributed by atoms with Gasteiger partial charge in [-0.2, -0.15) is 0 Å². The molecule has 0 aliphatic rings. The molecule has 0 bridgehead atoms. The first-order valence-electron chi connectivity index (χ1n) is 9.89. The molecular formula is C26H23N3O. The van der Waals surface area contributed by atoms with E-state index in [1.54, 1.807) is 6.20 Å². The van der Waals surface area contributed by atoms with Gasteiger partial charge in [0, 0.05) is 35.5 Å². The number of fused-ring (bicyclic) bond motifs is 2. The molecule has 4 nitrogen and oxygen atoms in total. The van der Waals surface area contributed by atoms with Crippen LogP contribution in [0.4, 0.5) is 0 Å². The van der Waals surface area contributed by atoms with Gasteiger partial charge in [0.2, 0.25) is 0 Å². The van der Waals surface area contributed by atoms with Crippen molar-refractivity contribution in [3.63, 3.8) is 0 Å². The highest BCUT2D eigenvalue weighted by atomic mass is 16.1. The highest BCUT2D eigenvalue weighted by molar-refractivity contribution is 6.01. The Bertz CT molecular complexity index is 1270. The summed E-state index contributed by atoms with van der Waals surface area (Å²) in [6.45, 7) is 0.959. The maximum absolute atomic E-state index is 11.1. The number of carbonyl (C=O) groups is 1. The SMILES string of the molecule is CNCc1ccccc1.O=Cc1c[nH]c2ncc(-c3cccc4ccccc34)cc12. The van der Waals surface area contributed by atoms with E-state index < -0.39 is 0 Å². The van der Waals surface area contributed by atoms with Crippen molar-refractivity contribution in [2.24, 2.45) is 0 Å². The number of aromatic amines is 1. The molecule has 3 aromatic carbocycles. The molecule has 0 amide bonds. The topological polar surface area (TPSA) is 57.8 Å². The van der Waals surface area contributed by atoms with Crippen molar-refractivity contribution in [2.45, 2.75) is 6.54 Å². The molecule has 0 fully saturated rings. The van der Waals surface area contributed by atoms with E-state index in [2.05, 4.69) is 51.7 Å². The van der Waals surface area contributed by atoms with Crippen LogP contribution in [-0.2, 0) is 6.54 Å². The number of aldehydes is 1. The number of H-pyrrole nitrogens is 1. The van der Waals surface area contributed by atoms with Crippen LogP contribution in [0.25, 0.3) is 32.9 Å². The molecule has 4 heteroatoms. The van der Waals surface area contributed by atoms with Crippen molar-refractivity contribution < 1.29 is 4.79 Å². The third-order valence-electron chi connectivity index (χ3n) is 5.01. The molecule has 0 saturated carbocycles. The molecule has 148 valence electrons. The van der Waals surface area contributed by atoms with Gasteiger partial charge in [0.25, 0.3) is 0 Å². The molecule has 0 aliphatic carbocycles. The van der Waals surface area contributed by atoms with E-state index in [9.17, 15) is 4.79 Å². The van der Waals surface area contributed by atoms with E-state index in [1.165, 1.54) is 16.3 Å². The molecule has 0 radical (unpaired) electrons. The zero-order chi connectivity index (χ0) is 20.8. The largest absolute Gasteiger partial charge is 0.345 e. The summed E-state index contributed by atoms with van der Waals surface area (Å²) in [6, 6.07) is 26.8. The number of carbonyl (C=O) groups excluding carboxylic acids is 1. The van der Waals surface area contributed by atoms with Gasteiger partial charge in [-0.05, 0) is 35.0 Å². The highest BCUT2D eigenvalue weighted by Crippen LogP contribution is 2.30. The molecule has 2 heterocycles. The van der Waals surface area contributed by atoms with Crippen LogP contribution in [0.3, 0.4) is 0 Å². The number of nitrogens with one attached hydrogen (secondary N) is 2. The molecular weight excluding hydrogens is 370 g/mol. The van der Waals surface area contributed by atoms with Crippen LogP contribution in [0, 0.1) is 0 Å². The lowest BCUT2D eigenvalue weighted by Crippen LogP contribution is -2.04. The average Bonchev–Trinajstić information content (AvgIpc) is 3.22. The average molecular weight is 393 g/mol. The smallest absolute Gasteiger partial charge is 0.152 e. The van der Waals surface area contributed by atoms with E-state index in [4.69, 9.17) is 0 Å². The van der Waals surface area contributed by atoms with Gasteiger partial charge in [-0.15, -0.1) is 0 Å². The third kappa shape index (κ3) is 4.14. The van der Waals surface area contributed by atoms with Crippen molar-refractivity contribution >= 4 is 28.1 Å². The normalized spacial score (nSPS) is 10.6. The monoisotopic (exact) mass is 393 g/mol. The highest BCUT2D eigenvalue weighted by Gasteiger charge is 2.08. The molecule has 0 spiro atoms. The van der Waals surface area contributed by atoms with Gasteiger partial charge >= 0.3 is 0 Å². The minimum atomic E-state index is 0.639. The summed E-state index contributed by atoms with van der Waals surface area (Å²) in [5, 5.41) is 6.32. The Balaban J connectivity index is 0.000000204. The van der Waals surface area contributed by atoms with Crippen LogP contribution < -0.4 is 5.32 Å². The first-order chi connectivity index (χ1) is 14.8. The Morgan fingerprint density at radius 1 is 0.933 bits per heavy atom. The van der Waals surface area contributed by atoms with Crippen molar-refractivity contribution in [3.05, 3.63) is 102 Å². The van der Waals surface area contributed by atoms with Crippen LogP contribution in [0.1, 0.15) is 15.9 Å². The number of hydrogen-bond acceptors (Lipinski definition) is 3. The number of rotatable bonds is 4. The van der Waals surface area contributed by atoms with Crippen LogP contribution in [0.15, 0.2) is 91.3 Å². The standard InChI is InChI=1S/C18H12N2O.C8H11N/c21-11-14-10-20-18-17(14)8-13(9-19-18)16-7-3-5-12-4-1-2-6-15(12)16;1-9-7-8-5-3-2-4-6-8/h1-11H,(H,19,20);2-6,9H,7H2,1H3. The van der Waals surface area contributed by atoms with Gasteiger partial charge in [0.05, 0.1) is 0 Å². The van der Waals surface area contributed by atoms with Crippen LogP contribution in [0.5, 0.6) is 0 Å². The molecule has 0 saturated heterocycles. The minimum Gasteiger partial charge on any atom is -0.345 e. The van der Waals surface area contributed by atoms with Gasteiger partial charge in [-0.3, -0.25) is 4.79 Å². The second-order valence-electron chi connectivity index (χ2n) is 7.02. The van der Waals surface area contributed by atoms with Gasteiger partial charge in [-0.25, -0.2) is 4.98 Å². The van der Waals surface area contributed by atoms with Crippen molar-refractivity contribution in [2.75, 3.05) is 7.05 Å². The maximum atomic E-state index is 11.1. The summed E-state index contributed by atoms with van der Waals surface area (Å²) in [5.74, 6) is 0. The molecule has 2 N–H and O–H groups in total. The summed E-state index contributed by atoms with van der Waals surface area (Å²) in [7, 11) is 1.95. The lowest BCUT2D eigenvalue weighted by molar-refractivity contribution is 0.112. The second-order valence-corrected chi connectivity index (χ2v) is 7.02. The molecule has 5 aromatic rings. The minimum absolute atomic E-state index is 0.639. The van der Waals surface area contributed by atoms with Crippen molar-refractivity contribution in [1.29, 1.82) is 0 Å².